The molecule has 94 valence electrons. The van der Waals surface area contributed by atoms with Gasteiger partial charge in [0.1, 0.15) is 0 Å². The van der Waals surface area contributed by atoms with Gasteiger partial charge in [-0.1, -0.05) is 6.92 Å². The van der Waals surface area contributed by atoms with Crippen LogP contribution in [0.3, 0.4) is 0 Å². The molecule has 1 N–H and O–H groups in total. The number of ether oxygens (including phenoxy) is 2. The van der Waals surface area contributed by atoms with Crippen LogP contribution in [0.5, 0.6) is 0 Å². The van der Waals surface area contributed by atoms with Crippen LogP contribution in [0.15, 0.2) is 11.8 Å². The van der Waals surface area contributed by atoms with Crippen molar-refractivity contribution in [2.24, 2.45) is 0 Å². The molecule has 1 aliphatic rings. The van der Waals surface area contributed by atoms with Gasteiger partial charge in [0.2, 0.25) is 0 Å². The van der Waals surface area contributed by atoms with Gasteiger partial charge in [0.25, 0.3) is 0 Å². The molecule has 0 fully saturated rings. The Kier molecular flexibility index (Phi) is 6.50. The van der Waals surface area contributed by atoms with Gasteiger partial charge in [0, 0.05) is 0 Å². The molecule has 3 heteroatoms. The molecule has 1 rings (SSSR count). The van der Waals surface area contributed by atoms with E-state index in [-0.39, 0.29) is 6.10 Å². The Balaban J connectivity index is 2.44. The summed E-state index contributed by atoms with van der Waals surface area (Å²) >= 11 is 0. The first-order valence-electron chi connectivity index (χ1n) is 6.39. The van der Waals surface area contributed by atoms with Crippen molar-refractivity contribution in [1.82, 2.24) is 5.32 Å². The molecule has 1 unspecified atom stereocenters. The molecular formula is C13H25NO2. The molecule has 0 aromatic rings. The minimum Gasteiger partial charge on any atom is -0.501 e. The van der Waals surface area contributed by atoms with Crippen molar-refractivity contribution in [3.8, 4) is 0 Å². The lowest BCUT2D eigenvalue weighted by atomic mass is 10.0. The fraction of sp³-hybridized carbons (Fsp3) is 0.846. The molecule has 3 nitrogen and oxygen atoms in total. The monoisotopic (exact) mass is 227 g/mol. The Morgan fingerprint density at radius 2 is 2.31 bits per heavy atom. The van der Waals surface area contributed by atoms with Crippen LogP contribution in [-0.2, 0) is 9.47 Å². The van der Waals surface area contributed by atoms with E-state index in [1.807, 2.05) is 6.26 Å². The minimum absolute atomic E-state index is 0.288. The van der Waals surface area contributed by atoms with Crippen molar-refractivity contribution in [2.75, 3.05) is 19.8 Å². The van der Waals surface area contributed by atoms with Gasteiger partial charge in [-0.3, -0.25) is 0 Å². The first-order chi connectivity index (χ1) is 7.74. The molecule has 0 aliphatic carbocycles. The lowest BCUT2D eigenvalue weighted by Crippen LogP contribution is -2.37. The largest absolute Gasteiger partial charge is 0.501 e. The highest BCUT2D eigenvalue weighted by atomic mass is 16.5. The van der Waals surface area contributed by atoms with Gasteiger partial charge in [0.15, 0.2) is 0 Å². The third-order valence-corrected chi connectivity index (χ3v) is 2.65. The molecule has 16 heavy (non-hydrogen) atoms. The molecule has 1 aliphatic heterocycles. The van der Waals surface area contributed by atoms with Gasteiger partial charge in [-0.05, 0) is 45.2 Å². The molecule has 0 bridgehead atoms. The predicted octanol–water partition coefficient (Wildman–Crippen LogP) is 2.47. The molecule has 0 aromatic carbocycles. The van der Waals surface area contributed by atoms with Crippen LogP contribution in [0.2, 0.25) is 0 Å². The zero-order valence-corrected chi connectivity index (χ0v) is 10.8. The molecule has 0 aromatic heterocycles. The van der Waals surface area contributed by atoms with Crippen LogP contribution in [0.25, 0.3) is 0 Å². The predicted molar refractivity (Wildman–Crippen MR) is 66.4 cm³/mol. The standard InChI is InChI=1S/C13H25NO2/c1-4-7-14-13(10-16-11(2)3)12-6-5-8-15-9-12/h9,11,13-14H,4-8,10H2,1-3H3. The third kappa shape index (κ3) is 4.99. The van der Waals surface area contributed by atoms with E-state index in [4.69, 9.17) is 9.47 Å². The van der Waals surface area contributed by atoms with E-state index in [2.05, 4.69) is 26.1 Å². The average molecular weight is 227 g/mol. The number of hydrogen-bond donors (Lipinski definition) is 1. The number of nitrogens with one attached hydrogen (secondary N) is 1. The minimum atomic E-state index is 0.288. The maximum atomic E-state index is 5.70. The van der Waals surface area contributed by atoms with Crippen LogP contribution in [0.4, 0.5) is 0 Å². The van der Waals surface area contributed by atoms with Crippen LogP contribution < -0.4 is 5.32 Å². The second-order valence-corrected chi connectivity index (χ2v) is 4.56. The summed E-state index contributed by atoms with van der Waals surface area (Å²) in [7, 11) is 0. The van der Waals surface area contributed by atoms with Crippen molar-refractivity contribution < 1.29 is 9.47 Å². The maximum Gasteiger partial charge on any atom is 0.0876 e. The summed E-state index contributed by atoms with van der Waals surface area (Å²) in [5.74, 6) is 0. The highest BCUT2D eigenvalue weighted by molar-refractivity contribution is 5.10. The summed E-state index contributed by atoms with van der Waals surface area (Å²) in [5, 5.41) is 3.52. The van der Waals surface area contributed by atoms with Gasteiger partial charge in [-0.15, -0.1) is 0 Å². The molecular weight excluding hydrogens is 202 g/mol. The molecule has 1 atom stereocenters. The Morgan fingerprint density at radius 1 is 1.50 bits per heavy atom. The Bertz CT molecular complexity index is 214. The summed E-state index contributed by atoms with van der Waals surface area (Å²) in [5.41, 5.74) is 1.35. The third-order valence-electron chi connectivity index (χ3n) is 2.65. The van der Waals surface area contributed by atoms with Crippen LogP contribution in [-0.4, -0.2) is 31.9 Å². The van der Waals surface area contributed by atoms with Crippen molar-refractivity contribution in [1.29, 1.82) is 0 Å². The molecule has 0 spiro atoms. The SMILES string of the molecule is CCCNC(COC(C)C)C1=COCCC1. The van der Waals surface area contributed by atoms with E-state index in [0.717, 1.165) is 39.0 Å². The molecule has 0 saturated carbocycles. The Hall–Kier alpha value is -0.540. The molecule has 0 radical (unpaired) electrons. The summed E-state index contributed by atoms with van der Waals surface area (Å²) in [6, 6.07) is 0.322. The zero-order valence-electron chi connectivity index (χ0n) is 10.8. The van der Waals surface area contributed by atoms with Crippen molar-refractivity contribution in [3.05, 3.63) is 11.8 Å². The summed E-state index contributed by atoms with van der Waals surface area (Å²) < 4.78 is 11.1. The fourth-order valence-electron chi connectivity index (χ4n) is 1.75. The summed E-state index contributed by atoms with van der Waals surface area (Å²) in [6.45, 7) is 8.95. The highest BCUT2D eigenvalue weighted by Gasteiger charge is 2.17. The van der Waals surface area contributed by atoms with Gasteiger partial charge in [-0.25, -0.2) is 0 Å². The van der Waals surface area contributed by atoms with Crippen LogP contribution >= 0.6 is 0 Å². The van der Waals surface area contributed by atoms with Crippen LogP contribution in [0, 0.1) is 0 Å². The van der Waals surface area contributed by atoms with E-state index < -0.39 is 0 Å². The number of hydrogen-bond acceptors (Lipinski definition) is 3. The van der Waals surface area contributed by atoms with Gasteiger partial charge in [0.05, 0.1) is 31.6 Å². The molecule has 1 heterocycles. The van der Waals surface area contributed by atoms with Crippen molar-refractivity contribution in [3.63, 3.8) is 0 Å². The van der Waals surface area contributed by atoms with E-state index in [1.54, 1.807) is 0 Å². The van der Waals surface area contributed by atoms with E-state index in [1.165, 1.54) is 5.57 Å². The second-order valence-electron chi connectivity index (χ2n) is 4.56. The van der Waals surface area contributed by atoms with E-state index >= 15 is 0 Å². The summed E-state index contributed by atoms with van der Waals surface area (Å²) in [6.07, 6.45) is 5.60. The first-order valence-corrected chi connectivity index (χ1v) is 6.39. The van der Waals surface area contributed by atoms with Gasteiger partial charge >= 0.3 is 0 Å². The van der Waals surface area contributed by atoms with Crippen molar-refractivity contribution in [2.45, 2.75) is 52.2 Å². The van der Waals surface area contributed by atoms with Gasteiger partial charge in [-0.2, -0.15) is 0 Å². The Morgan fingerprint density at radius 3 is 2.88 bits per heavy atom. The van der Waals surface area contributed by atoms with Gasteiger partial charge < -0.3 is 14.8 Å². The normalized spacial score (nSPS) is 18.1. The lowest BCUT2D eigenvalue weighted by Gasteiger charge is -2.25. The summed E-state index contributed by atoms with van der Waals surface area (Å²) in [4.78, 5) is 0. The molecule has 0 amide bonds. The van der Waals surface area contributed by atoms with E-state index in [9.17, 15) is 0 Å². The lowest BCUT2D eigenvalue weighted by molar-refractivity contribution is 0.0649. The smallest absolute Gasteiger partial charge is 0.0876 e. The molecule has 0 saturated heterocycles. The fourth-order valence-corrected chi connectivity index (χ4v) is 1.75. The Labute approximate surface area is 99.2 Å². The second kappa shape index (κ2) is 7.69. The topological polar surface area (TPSA) is 30.5 Å². The first kappa shape index (κ1) is 13.5. The maximum absolute atomic E-state index is 5.70. The van der Waals surface area contributed by atoms with Crippen molar-refractivity contribution >= 4 is 0 Å². The van der Waals surface area contributed by atoms with E-state index in [0.29, 0.717) is 6.04 Å². The number of rotatable bonds is 7. The quantitative estimate of drug-likeness (QED) is 0.725. The zero-order chi connectivity index (χ0) is 11.8. The average Bonchev–Trinajstić information content (AvgIpc) is 2.30. The highest BCUT2D eigenvalue weighted by Crippen LogP contribution is 2.16. The van der Waals surface area contributed by atoms with Crippen LogP contribution in [0.1, 0.15) is 40.0 Å².